The van der Waals surface area contributed by atoms with Crippen LogP contribution in [0.15, 0.2) is 18.3 Å². The zero-order chi connectivity index (χ0) is 15.5. The summed E-state index contributed by atoms with van der Waals surface area (Å²) in [5.41, 5.74) is -0.838. The highest BCUT2D eigenvalue weighted by atomic mass is 19.4. The average molecular weight is 297 g/mol. The fourth-order valence-corrected chi connectivity index (χ4v) is 2.29. The summed E-state index contributed by atoms with van der Waals surface area (Å²) in [6.07, 6.45) is -1.03. The predicted molar refractivity (Wildman–Crippen MR) is 68.0 cm³/mol. The number of carbonyl (C=O) groups is 1. The Hall–Kier alpha value is -2.10. The number of aromatic nitrogens is 1. The second kappa shape index (κ2) is 6.12. The molecule has 21 heavy (non-hydrogen) atoms. The molecule has 2 rings (SSSR count). The van der Waals surface area contributed by atoms with Gasteiger partial charge in [-0.2, -0.15) is 18.4 Å². The van der Waals surface area contributed by atoms with Crippen molar-refractivity contribution >= 4 is 5.91 Å². The quantitative estimate of drug-likeness (QED) is 0.843. The maximum atomic E-state index is 12.5. The number of nitriles is 1. The molecule has 0 radical (unpaired) electrons. The summed E-state index contributed by atoms with van der Waals surface area (Å²) < 4.78 is 37.4. The fraction of sp³-hybridized carbons (Fsp3) is 0.500. The van der Waals surface area contributed by atoms with Crippen LogP contribution in [-0.2, 0) is 11.0 Å². The lowest BCUT2D eigenvalue weighted by molar-refractivity contribution is -0.137. The van der Waals surface area contributed by atoms with Crippen molar-refractivity contribution in [2.24, 2.45) is 0 Å². The smallest absolute Gasteiger partial charge is 0.341 e. The van der Waals surface area contributed by atoms with E-state index in [0.717, 1.165) is 31.4 Å². The topological polar surface area (TPSA) is 57.0 Å². The van der Waals surface area contributed by atoms with Crippen molar-refractivity contribution in [1.29, 1.82) is 5.26 Å². The van der Waals surface area contributed by atoms with Gasteiger partial charge in [-0.15, -0.1) is 0 Å². The van der Waals surface area contributed by atoms with E-state index in [2.05, 4.69) is 4.98 Å². The van der Waals surface area contributed by atoms with Crippen LogP contribution in [0, 0.1) is 11.3 Å². The SMILES string of the molecule is N#CC(C(=O)N1CCCCC1)c1ccc(C(F)(F)F)cn1. The maximum absolute atomic E-state index is 12.5. The molecule has 1 aromatic rings. The molecule has 1 unspecified atom stereocenters. The van der Waals surface area contributed by atoms with E-state index in [4.69, 9.17) is 5.26 Å². The monoisotopic (exact) mass is 297 g/mol. The molecule has 1 amide bonds. The van der Waals surface area contributed by atoms with Gasteiger partial charge in [-0.25, -0.2) is 0 Å². The minimum Gasteiger partial charge on any atom is -0.341 e. The molecule has 0 aliphatic carbocycles. The minimum atomic E-state index is -4.48. The van der Waals surface area contributed by atoms with Crippen LogP contribution in [0.1, 0.15) is 36.4 Å². The maximum Gasteiger partial charge on any atom is 0.417 e. The van der Waals surface area contributed by atoms with E-state index < -0.39 is 17.7 Å². The Morgan fingerprint density at radius 1 is 1.29 bits per heavy atom. The molecule has 1 saturated heterocycles. The molecular weight excluding hydrogens is 283 g/mol. The molecule has 1 aromatic heterocycles. The van der Waals surface area contributed by atoms with Gasteiger partial charge < -0.3 is 4.90 Å². The van der Waals surface area contributed by atoms with E-state index in [9.17, 15) is 18.0 Å². The van der Waals surface area contributed by atoms with Crippen LogP contribution in [0.25, 0.3) is 0 Å². The number of carbonyl (C=O) groups excluding carboxylic acids is 1. The number of likely N-dealkylation sites (tertiary alicyclic amines) is 1. The molecule has 1 aliphatic rings. The van der Waals surface area contributed by atoms with Crippen molar-refractivity contribution in [2.75, 3.05) is 13.1 Å². The van der Waals surface area contributed by atoms with E-state index in [1.165, 1.54) is 0 Å². The van der Waals surface area contributed by atoms with Crippen molar-refractivity contribution in [3.8, 4) is 6.07 Å². The normalized spacial score (nSPS) is 17.1. The van der Waals surface area contributed by atoms with E-state index in [1.807, 2.05) is 6.07 Å². The number of alkyl halides is 3. The van der Waals surface area contributed by atoms with E-state index in [-0.39, 0.29) is 11.6 Å². The second-order valence-corrected chi connectivity index (χ2v) is 4.92. The van der Waals surface area contributed by atoms with E-state index >= 15 is 0 Å². The Labute approximate surface area is 120 Å². The van der Waals surface area contributed by atoms with E-state index in [1.54, 1.807) is 4.90 Å². The molecular formula is C14H14F3N3O. The summed E-state index contributed by atoms with van der Waals surface area (Å²) in [6, 6.07) is 3.78. The van der Waals surface area contributed by atoms with Crippen molar-refractivity contribution in [3.63, 3.8) is 0 Å². The first-order valence-electron chi connectivity index (χ1n) is 6.65. The van der Waals surface area contributed by atoms with Crippen LogP contribution in [0.4, 0.5) is 13.2 Å². The van der Waals surface area contributed by atoms with Gasteiger partial charge in [0.1, 0.15) is 0 Å². The van der Waals surface area contributed by atoms with Crippen LogP contribution in [-0.4, -0.2) is 28.9 Å². The summed E-state index contributed by atoms with van der Waals surface area (Å²) in [6.45, 7) is 1.16. The van der Waals surface area contributed by atoms with Crippen LogP contribution < -0.4 is 0 Å². The lowest BCUT2D eigenvalue weighted by Crippen LogP contribution is -2.38. The molecule has 1 aliphatic heterocycles. The standard InChI is InChI=1S/C14H14F3N3O/c15-14(16,17)10-4-5-12(19-9-10)11(8-18)13(21)20-6-2-1-3-7-20/h4-5,9,11H,1-3,6-7H2. The van der Waals surface area contributed by atoms with Gasteiger partial charge in [-0.1, -0.05) is 0 Å². The minimum absolute atomic E-state index is 0.0565. The molecule has 1 fully saturated rings. The Morgan fingerprint density at radius 3 is 2.43 bits per heavy atom. The van der Waals surface area contributed by atoms with Crippen LogP contribution in [0.5, 0.6) is 0 Å². The largest absolute Gasteiger partial charge is 0.417 e. The van der Waals surface area contributed by atoms with Gasteiger partial charge in [0.15, 0.2) is 5.92 Å². The van der Waals surface area contributed by atoms with Gasteiger partial charge in [0, 0.05) is 19.3 Å². The van der Waals surface area contributed by atoms with Crippen LogP contribution in [0.2, 0.25) is 0 Å². The number of hydrogen-bond acceptors (Lipinski definition) is 3. The number of rotatable bonds is 2. The number of pyridine rings is 1. The molecule has 4 nitrogen and oxygen atoms in total. The highest BCUT2D eigenvalue weighted by molar-refractivity contribution is 5.86. The third-order valence-corrected chi connectivity index (χ3v) is 3.45. The first kappa shape index (κ1) is 15.3. The molecule has 0 aromatic carbocycles. The molecule has 0 N–H and O–H groups in total. The summed E-state index contributed by atoms with van der Waals surface area (Å²) in [5.74, 6) is -1.53. The number of halogens is 3. The molecule has 1 atom stereocenters. The zero-order valence-electron chi connectivity index (χ0n) is 11.2. The lowest BCUT2D eigenvalue weighted by Gasteiger charge is -2.28. The predicted octanol–water partition coefficient (Wildman–Crippen LogP) is 2.72. The molecule has 112 valence electrons. The molecule has 0 spiro atoms. The van der Waals surface area contributed by atoms with Gasteiger partial charge in [0.25, 0.3) is 0 Å². The third kappa shape index (κ3) is 3.51. The third-order valence-electron chi connectivity index (χ3n) is 3.45. The Kier molecular flexibility index (Phi) is 4.46. The summed E-state index contributed by atoms with van der Waals surface area (Å²) in [5, 5.41) is 9.15. The van der Waals surface area contributed by atoms with Gasteiger partial charge in [-0.3, -0.25) is 9.78 Å². The van der Waals surface area contributed by atoms with Crippen LogP contribution in [0.3, 0.4) is 0 Å². The van der Waals surface area contributed by atoms with Crippen molar-refractivity contribution in [2.45, 2.75) is 31.4 Å². The summed E-state index contributed by atoms with van der Waals surface area (Å²) in [4.78, 5) is 17.5. The molecule has 0 saturated carbocycles. The summed E-state index contributed by atoms with van der Waals surface area (Å²) >= 11 is 0. The second-order valence-electron chi connectivity index (χ2n) is 4.92. The highest BCUT2D eigenvalue weighted by Gasteiger charge is 2.32. The number of hydrogen-bond donors (Lipinski definition) is 0. The first-order valence-corrected chi connectivity index (χ1v) is 6.65. The number of piperidine rings is 1. The number of amides is 1. The van der Waals surface area contributed by atoms with Crippen molar-refractivity contribution < 1.29 is 18.0 Å². The van der Waals surface area contributed by atoms with E-state index in [0.29, 0.717) is 19.3 Å². The molecule has 7 heteroatoms. The fourth-order valence-electron chi connectivity index (χ4n) is 2.29. The van der Waals surface area contributed by atoms with Crippen molar-refractivity contribution in [1.82, 2.24) is 9.88 Å². The first-order chi connectivity index (χ1) is 9.93. The Morgan fingerprint density at radius 2 is 1.95 bits per heavy atom. The average Bonchev–Trinajstić information content (AvgIpc) is 2.48. The van der Waals surface area contributed by atoms with Gasteiger partial charge >= 0.3 is 6.18 Å². The van der Waals surface area contributed by atoms with Gasteiger partial charge in [0.05, 0.1) is 17.3 Å². The Balaban J connectivity index is 2.17. The Bertz CT molecular complexity index is 542. The molecule has 2 heterocycles. The van der Waals surface area contributed by atoms with Crippen molar-refractivity contribution in [3.05, 3.63) is 29.6 Å². The highest BCUT2D eigenvalue weighted by Crippen LogP contribution is 2.29. The van der Waals surface area contributed by atoms with Gasteiger partial charge in [-0.05, 0) is 31.4 Å². The summed E-state index contributed by atoms with van der Waals surface area (Å²) in [7, 11) is 0. The zero-order valence-corrected chi connectivity index (χ0v) is 11.2. The molecule has 0 bridgehead atoms. The number of nitrogens with zero attached hydrogens (tertiary/aromatic N) is 3. The van der Waals surface area contributed by atoms with Gasteiger partial charge in [0.2, 0.25) is 5.91 Å². The van der Waals surface area contributed by atoms with Crippen LogP contribution >= 0.6 is 0 Å². The lowest BCUT2D eigenvalue weighted by atomic mass is 10.0.